The number of ether oxygens (including phenoxy) is 2. The van der Waals surface area contributed by atoms with Gasteiger partial charge in [0.25, 0.3) is 0 Å². The molecule has 0 spiro atoms. The lowest BCUT2D eigenvalue weighted by Crippen LogP contribution is -2.30. The van der Waals surface area contributed by atoms with Gasteiger partial charge in [-0.1, -0.05) is 91.1 Å². The van der Waals surface area contributed by atoms with Gasteiger partial charge in [-0.25, -0.2) is 0 Å². The molecule has 3 aromatic carbocycles. The van der Waals surface area contributed by atoms with Gasteiger partial charge in [-0.2, -0.15) is 0 Å². The zero-order valence-electron chi connectivity index (χ0n) is 19.3. The van der Waals surface area contributed by atoms with Crippen molar-refractivity contribution in [2.75, 3.05) is 7.11 Å². The lowest BCUT2D eigenvalue weighted by Gasteiger charge is -2.24. The predicted molar refractivity (Wildman–Crippen MR) is 136 cm³/mol. The van der Waals surface area contributed by atoms with Crippen LogP contribution in [0.1, 0.15) is 36.1 Å². The van der Waals surface area contributed by atoms with E-state index in [2.05, 4.69) is 37.8 Å². The number of phenols is 1. The lowest BCUT2D eigenvalue weighted by molar-refractivity contribution is -0.134. The fourth-order valence-corrected chi connectivity index (χ4v) is 2.59. The van der Waals surface area contributed by atoms with E-state index in [0.29, 0.717) is 0 Å². The number of hydrogen-bond acceptors (Lipinski definition) is 3. The molecule has 0 bridgehead atoms. The molecule has 0 saturated heterocycles. The number of rotatable bonds is 7. The summed E-state index contributed by atoms with van der Waals surface area (Å²) >= 11 is 0. The molecular weight excluding hydrogens is 396 g/mol. The highest BCUT2D eigenvalue weighted by Gasteiger charge is 2.17. The Morgan fingerprint density at radius 3 is 1.69 bits per heavy atom. The standard InChI is InChI=1S/C20H22O3.C9H10/c1-20(2,22-3)23-19-14-10-17(11-15-19)7-5-4-6-16-8-12-18(21)13-9-16;1-3-9-6-4-8(2)5-7-9/h4-15,21H,1-3H3;3-7H,1H2,2H3. The zero-order chi connectivity index (χ0) is 23.4. The van der Waals surface area contributed by atoms with Crippen molar-refractivity contribution in [2.24, 2.45) is 0 Å². The molecule has 1 N–H and O–H groups in total. The van der Waals surface area contributed by atoms with Crippen molar-refractivity contribution < 1.29 is 14.6 Å². The van der Waals surface area contributed by atoms with Gasteiger partial charge in [-0.05, 0) is 47.9 Å². The Labute approximate surface area is 192 Å². The van der Waals surface area contributed by atoms with Gasteiger partial charge in [-0.15, -0.1) is 0 Å². The number of methoxy groups -OCH3 is 1. The molecule has 0 unspecified atom stereocenters. The molecule has 0 aliphatic carbocycles. The third kappa shape index (κ3) is 9.07. The minimum Gasteiger partial charge on any atom is -0.508 e. The fraction of sp³-hybridized carbons (Fsp3) is 0.172. The lowest BCUT2D eigenvalue weighted by atomic mass is 10.1. The predicted octanol–water partition coefficient (Wildman–Crippen LogP) is 7.52. The van der Waals surface area contributed by atoms with E-state index in [1.165, 1.54) is 11.1 Å². The largest absolute Gasteiger partial charge is 0.508 e. The molecule has 0 aliphatic rings. The highest BCUT2D eigenvalue weighted by atomic mass is 16.7. The summed E-state index contributed by atoms with van der Waals surface area (Å²) < 4.78 is 11.0. The summed E-state index contributed by atoms with van der Waals surface area (Å²) in [5, 5.41) is 9.23. The highest BCUT2D eigenvalue weighted by Crippen LogP contribution is 2.20. The normalized spacial score (nSPS) is 11.2. The highest BCUT2D eigenvalue weighted by molar-refractivity contribution is 5.58. The monoisotopic (exact) mass is 428 g/mol. The summed E-state index contributed by atoms with van der Waals surface area (Å²) in [6, 6.07) is 23.2. The van der Waals surface area contributed by atoms with Crippen LogP contribution < -0.4 is 4.74 Å². The number of hydrogen-bond donors (Lipinski definition) is 1. The number of aryl methyl sites for hydroxylation is 1. The van der Waals surface area contributed by atoms with E-state index in [0.717, 1.165) is 16.9 Å². The van der Waals surface area contributed by atoms with Crippen molar-refractivity contribution in [3.05, 3.63) is 114 Å². The third-order valence-electron chi connectivity index (χ3n) is 4.63. The van der Waals surface area contributed by atoms with Crippen LogP contribution in [-0.2, 0) is 4.74 Å². The molecule has 0 fully saturated rings. The Bertz CT molecular complexity index is 1010. The van der Waals surface area contributed by atoms with Gasteiger partial charge in [0.05, 0.1) is 0 Å². The van der Waals surface area contributed by atoms with Crippen molar-refractivity contribution in [3.63, 3.8) is 0 Å². The van der Waals surface area contributed by atoms with Gasteiger partial charge >= 0.3 is 0 Å². The molecule has 0 atom stereocenters. The Kier molecular flexibility index (Phi) is 9.52. The Balaban J connectivity index is 0.000000336. The number of aromatic hydroxyl groups is 1. The third-order valence-corrected chi connectivity index (χ3v) is 4.63. The first kappa shape index (κ1) is 24.7. The second-order valence-corrected chi connectivity index (χ2v) is 7.70. The van der Waals surface area contributed by atoms with Crippen LogP contribution in [0.2, 0.25) is 0 Å². The van der Waals surface area contributed by atoms with Gasteiger partial charge in [-0.3, -0.25) is 0 Å². The summed E-state index contributed by atoms with van der Waals surface area (Å²) in [6.45, 7) is 9.48. The van der Waals surface area contributed by atoms with E-state index in [-0.39, 0.29) is 5.75 Å². The summed E-state index contributed by atoms with van der Waals surface area (Å²) in [5.41, 5.74) is 4.60. The van der Waals surface area contributed by atoms with E-state index in [4.69, 9.17) is 9.47 Å². The molecule has 0 amide bonds. The van der Waals surface area contributed by atoms with Crippen LogP contribution in [0.3, 0.4) is 0 Å². The van der Waals surface area contributed by atoms with Crippen molar-refractivity contribution in [2.45, 2.75) is 26.6 Å². The molecule has 0 aliphatic heterocycles. The molecule has 32 heavy (non-hydrogen) atoms. The van der Waals surface area contributed by atoms with Crippen molar-refractivity contribution in [1.29, 1.82) is 0 Å². The Hall–Kier alpha value is -3.56. The van der Waals surface area contributed by atoms with Crippen LogP contribution in [-0.4, -0.2) is 18.0 Å². The topological polar surface area (TPSA) is 38.7 Å². The zero-order valence-corrected chi connectivity index (χ0v) is 19.3. The molecule has 3 aromatic rings. The molecule has 3 heteroatoms. The molecule has 0 saturated carbocycles. The van der Waals surface area contributed by atoms with Gasteiger partial charge in [0, 0.05) is 21.0 Å². The first-order valence-electron chi connectivity index (χ1n) is 10.5. The summed E-state index contributed by atoms with van der Waals surface area (Å²) in [5.74, 6) is 0.412. The maximum Gasteiger partial charge on any atom is 0.204 e. The van der Waals surface area contributed by atoms with Crippen LogP contribution in [0.15, 0.2) is 91.5 Å². The average molecular weight is 429 g/mol. The molecule has 0 aromatic heterocycles. The molecule has 166 valence electrons. The van der Waals surface area contributed by atoms with Crippen LogP contribution in [0, 0.1) is 6.92 Å². The molecular formula is C29H32O3. The smallest absolute Gasteiger partial charge is 0.204 e. The minimum absolute atomic E-state index is 0.275. The maximum atomic E-state index is 9.23. The second-order valence-electron chi connectivity index (χ2n) is 7.70. The van der Waals surface area contributed by atoms with Crippen molar-refractivity contribution >= 4 is 18.2 Å². The van der Waals surface area contributed by atoms with Gasteiger partial charge in [0.2, 0.25) is 5.79 Å². The van der Waals surface area contributed by atoms with Gasteiger partial charge in [0.15, 0.2) is 0 Å². The van der Waals surface area contributed by atoms with E-state index in [1.807, 2.05) is 80.6 Å². The van der Waals surface area contributed by atoms with Crippen LogP contribution in [0.25, 0.3) is 18.2 Å². The molecule has 0 heterocycles. The van der Waals surface area contributed by atoms with Crippen molar-refractivity contribution in [3.8, 4) is 11.5 Å². The van der Waals surface area contributed by atoms with E-state index < -0.39 is 5.79 Å². The second kappa shape index (κ2) is 12.3. The van der Waals surface area contributed by atoms with Crippen LogP contribution in [0.4, 0.5) is 0 Å². The van der Waals surface area contributed by atoms with E-state index in [1.54, 1.807) is 19.2 Å². The Morgan fingerprint density at radius 2 is 1.22 bits per heavy atom. The molecule has 0 radical (unpaired) electrons. The first-order valence-corrected chi connectivity index (χ1v) is 10.5. The quantitative estimate of drug-likeness (QED) is 0.312. The molecule has 3 rings (SSSR count). The van der Waals surface area contributed by atoms with Crippen LogP contribution in [0.5, 0.6) is 11.5 Å². The van der Waals surface area contributed by atoms with Crippen molar-refractivity contribution in [1.82, 2.24) is 0 Å². The van der Waals surface area contributed by atoms with Gasteiger partial charge in [0.1, 0.15) is 11.5 Å². The molecule has 3 nitrogen and oxygen atoms in total. The SMILES string of the molecule is C=Cc1ccc(C)cc1.COC(C)(C)Oc1ccc(C=CC=Cc2ccc(O)cc2)cc1. The van der Waals surface area contributed by atoms with E-state index >= 15 is 0 Å². The fourth-order valence-electron chi connectivity index (χ4n) is 2.59. The summed E-state index contributed by atoms with van der Waals surface area (Å²) in [6.07, 6.45) is 9.78. The maximum absolute atomic E-state index is 9.23. The Morgan fingerprint density at radius 1 is 0.750 bits per heavy atom. The first-order chi connectivity index (χ1) is 15.3. The minimum atomic E-state index is -0.635. The summed E-state index contributed by atoms with van der Waals surface area (Å²) in [7, 11) is 1.62. The number of benzene rings is 3. The van der Waals surface area contributed by atoms with Crippen LogP contribution >= 0.6 is 0 Å². The summed E-state index contributed by atoms with van der Waals surface area (Å²) in [4.78, 5) is 0. The van der Waals surface area contributed by atoms with Gasteiger partial charge < -0.3 is 14.6 Å². The van der Waals surface area contributed by atoms with E-state index in [9.17, 15) is 5.11 Å². The average Bonchev–Trinajstić information content (AvgIpc) is 2.80. The number of allylic oxidation sites excluding steroid dienone is 2. The number of phenolic OH excluding ortho intramolecular Hbond substituents is 1.